The van der Waals surface area contributed by atoms with Crippen LogP contribution in [0.1, 0.15) is 38.5 Å². The molecule has 3 saturated heterocycles. The summed E-state index contributed by atoms with van der Waals surface area (Å²) < 4.78 is 5.34. The van der Waals surface area contributed by atoms with Gasteiger partial charge in [0.05, 0.1) is 32.9 Å². The summed E-state index contributed by atoms with van der Waals surface area (Å²) in [5, 5.41) is 15.2. The van der Waals surface area contributed by atoms with Crippen molar-refractivity contribution >= 4 is 0 Å². The predicted molar refractivity (Wildman–Crippen MR) is 96.1 cm³/mol. The highest BCUT2D eigenvalue weighted by atomic mass is 16.7. The van der Waals surface area contributed by atoms with E-state index in [-0.39, 0.29) is 10.2 Å². The van der Waals surface area contributed by atoms with Gasteiger partial charge in [0.25, 0.3) is 0 Å². The van der Waals surface area contributed by atoms with Crippen LogP contribution in [-0.2, 0) is 9.57 Å². The molecule has 0 radical (unpaired) electrons. The molecule has 6 heteroatoms. The SMILES string of the molecule is [O-][N+]12CCCCC13C=CN(OCCCN1CCOCC1)C=C3CCC2. The zero-order valence-corrected chi connectivity index (χ0v) is 15.2. The molecule has 2 unspecified atom stereocenters. The summed E-state index contributed by atoms with van der Waals surface area (Å²) in [4.78, 5) is 8.36. The molecule has 2 atom stereocenters. The van der Waals surface area contributed by atoms with E-state index >= 15 is 0 Å². The molecule has 4 aliphatic heterocycles. The zero-order valence-electron chi connectivity index (χ0n) is 15.2. The van der Waals surface area contributed by atoms with E-state index in [9.17, 15) is 5.21 Å². The van der Waals surface area contributed by atoms with Gasteiger partial charge in [0.2, 0.25) is 0 Å². The topological polar surface area (TPSA) is 48.0 Å². The summed E-state index contributed by atoms with van der Waals surface area (Å²) in [6.45, 7) is 7.04. The van der Waals surface area contributed by atoms with Crippen LogP contribution in [0.3, 0.4) is 0 Å². The van der Waals surface area contributed by atoms with Gasteiger partial charge in [0.1, 0.15) is 5.54 Å². The minimum atomic E-state index is -0.301. The van der Waals surface area contributed by atoms with Gasteiger partial charge >= 0.3 is 0 Å². The average molecular weight is 349 g/mol. The molecule has 4 aliphatic rings. The molecule has 0 aliphatic carbocycles. The van der Waals surface area contributed by atoms with Crippen molar-refractivity contribution in [1.29, 1.82) is 0 Å². The molecule has 0 N–H and O–H groups in total. The summed E-state index contributed by atoms with van der Waals surface area (Å²) in [7, 11) is 0. The highest BCUT2D eigenvalue weighted by Crippen LogP contribution is 2.48. The number of piperidine rings is 2. The van der Waals surface area contributed by atoms with Crippen molar-refractivity contribution in [3.8, 4) is 0 Å². The van der Waals surface area contributed by atoms with E-state index in [0.29, 0.717) is 6.61 Å². The summed E-state index contributed by atoms with van der Waals surface area (Å²) in [5.74, 6) is 0. The highest BCUT2D eigenvalue weighted by molar-refractivity contribution is 5.30. The highest BCUT2D eigenvalue weighted by Gasteiger charge is 2.51. The maximum Gasteiger partial charge on any atom is 0.143 e. The Morgan fingerprint density at radius 3 is 2.92 bits per heavy atom. The Bertz CT molecular complexity index is 528. The summed E-state index contributed by atoms with van der Waals surface area (Å²) in [6.07, 6.45) is 12.5. The fourth-order valence-electron chi connectivity index (χ4n) is 4.90. The number of hydrogen-bond donors (Lipinski definition) is 0. The van der Waals surface area contributed by atoms with E-state index < -0.39 is 0 Å². The number of nitrogens with zero attached hydrogens (tertiary/aromatic N) is 3. The van der Waals surface area contributed by atoms with E-state index in [0.717, 1.165) is 84.5 Å². The Balaban J connectivity index is 1.32. The lowest BCUT2D eigenvalue weighted by Gasteiger charge is -2.62. The summed E-state index contributed by atoms with van der Waals surface area (Å²) >= 11 is 0. The third-order valence-corrected chi connectivity index (χ3v) is 6.32. The largest absolute Gasteiger partial charge is 0.632 e. The van der Waals surface area contributed by atoms with Gasteiger partial charge < -0.3 is 14.6 Å². The van der Waals surface area contributed by atoms with Gasteiger partial charge in [0.15, 0.2) is 0 Å². The van der Waals surface area contributed by atoms with Gasteiger partial charge in [0, 0.05) is 50.4 Å². The second-order valence-corrected chi connectivity index (χ2v) is 7.79. The Morgan fingerprint density at radius 2 is 2.04 bits per heavy atom. The predicted octanol–water partition coefficient (Wildman–Crippen LogP) is 2.38. The Labute approximate surface area is 150 Å². The van der Waals surface area contributed by atoms with Crippen LogP contribution in [0.4, 0.5) is 0 Å². The smallest absolute Gasteiger partial charge is 0.143 e. The molecular weight excluding hydrogens is 318 g/mol. The first kappa shape index (κ1) is 17.5. The first-order valence-corrected chi connectivity index (χ1v) is 9.92. The standard InChI is InChI=1S/C19H31N3O3/c23-22-12-2-1-6-19(22)7-9-21(17-18(19)5-3-13-22)25-14-4-8-20-10-15-24-16-11-20/h7,9,17H,1-6,8,10-16H2. The molecular formula is C19H31N3O3. The van der Waals surface area contributed by atoms with Crippen LogP contribution >= 0.6 is 0 Å². The third-order valence-electron chi connectivity index (χ3n) is 6.32. The number of rotatable bonds is 5. The lowest BCUT2D eigenvalue weighted by molar-refractivity contribution is -0.928. The quantitative estimate of drug-likeness (QED) is 0.433. The first-order chi connectivity index (χ1) is 12.2. The zero-order chi connectivity index (χ0) is 17.2. The van der Waals surface area contributed by atoms with E-state index in [1.807, 2.05) is 11.3 Å². The van der Waals surface area contributed by atoms with Gasteiger partial charge in [-0.05, 0) is 31.8 Å². The van der Waals surface area contributed by atoms with E-state index in [1.54, 1.807) is 0 Å². The molecule has 0 aromatic carbocycles. The van der Waals surface area contributed by atoms with Gasteiger partial charge in [-0.25, -0.2) is 5.06 Å². The molecule has 0 aromatic heterocycles. The monoisotopic (exact) mass is 349 g/mol. The molecule has 140 valence electrons. The van der Waals surface area contributed by atoms with E-state index in [1.165, 1.54) is 5.57 Å². The van der Waals surface area contributed by atoms with Crippen LogP contribution in [0.5, 0.6) is 0 Å². The fourth-order valence-corrected chi connectivity index (χ4v) is 4.90. The normalized spacial score (nSPS) is 35.9. The van der Waals surface area contributed by atoms with Crippen molar-refractivity contribution in [1.82, 2.24) is 9.96 Å². The van der Waals surface area contributed by atoms with Crippen molar-refractivity contribution < 1.29 is 14.2 Å². The van der Waals surface area contributed by atoms with Crippen molar-refractivity contribution in [2.24, 2.45) is 0 Å². The second-order valence-electron chi connectivity index (χ2n) is 7.79. The Kier molecular flexibility index (Phi) is 5.15. The van der Waals surface area contributed by atoms with Gasteiger partial charge in [-0.15, -0.1) is 0 Å². The number of hydroxylamine groups is 5. The van der Waals surface area contributed by atoms with Crippen molar-refractivity contribution in [2.75, 3.05) is 52.5 Å². The average Bonchev–Trinajstić information content (AvgIpc) is 2.64. The van der Waals surface area contributed by atoms with Crippen LogP contribution in [0.2, 0.25) is 0 Å². The van der Waals surface area contributed by atoms with Crippen LogP contribution < -0.4 is 0 Å². The minimum absolute atomic E-state index is 0.0415. The van der Waals surface area contributed by atoms with Gasteiger partial charge in [-0.3, -0.25) is 9.74 Å². The maximum atomic E-state index is 13.4. The summed E-state index contributed by atoms with van der Waals surface area (Å²) in [5.41, 5.74) is 0.980. The molecule has 0 amide bonds. The molecule has 0 aromatic rings. The number of hydrogen-bond acceptors (Lipinski definition) is 5. The lowest BCUT2D eigenvalue weighted by Crippen LogP contribution is -2.66. The molecule has 1 spiro atoms. The number of morpholine rings is 1. The molecule has 25 heavy (non-hydrogen) atoms. The number of ether oxygens (including phenoxy) is 1. The van der Waals surface area contributed by atoms with Crippen molar-refractivity contribution in [3.05, 3.63) is 29.3 Å². The molecule has 6 nitrogen and oxygen atoms in total. The van der Waals surface area contributed by atoms with Crippen molar-refractivity contribution in [3.63, 3.8) is 0 Å². The van der Waals surface area contributed by atoms with Gasteiger partial charge in [-0.2, -0.15) is 0 Å². The molecule has 3 fully saturated rings. The minimum Gasteiger partial charge on any atom is -0.632 e. The Hall–Kier alpha value is -0.920. The molecule has 4 heterocycles. The van der Waals surface area contributed by atoms with Crippen LogP contribution in [0, 0.1) is 5.21 Å². The second kappa shape index (κ2) is 7.37. The molecule has 4 rings (SSSR count). The Morgan fingerprint density at radius 1 is 1.20 bits per heavy atom. The molecule has 0 bridgehead atoms. The van der Waals surface area contributed by atoms with Crippen LogP contribution in [0.15, 0.2) is 24.0 Å². The van der Waals surface area contributed by atoms with Gasteiger partial charge in [-0.1, -0.05) is 0 Å². The van der Waals surface area contributed by atoms with Crippen LogP contribution in [-0.4, -0.2) is 72.7 Å². The fraction of sp³-hybridized carbons (Fsp3) is 0.789. The van der Waals surface area contributed by atoms with E-state index in [2.05, 4.69) is 17.2 Å². The lowest BCUT2D eigenvalue weighted by atomic mass is 9.74. The maximum absolute atomic E-state index is 13.4. The summed E-state index contributed by atoms with van der Waals surface area (Å²) in [6, 6.07) is 0. The first-order valence-electron chi connectivity index (χ1n) is 9.92. The third kappa shape index (κ3) is 3.38. The van der Waals surface area contributed by atoms with Crippen LogP contribution in [0.25, 0.3) is 0 Å². The van der Waals surface area contributed by atoms with E-state index in [4.69, 9.17) is 9.57 Å². The number of quaternary nitrogens is 1. The van der Waals surface area contributed by atoms with Crippen molar-refractivity contribution in [2.45, 2.75) is 44.1 Å². The molecule has 0 saturated carbocycles.